The highest BCUT2D eigenvalue weighted by molar-refractivity contribution is 5.95. The number of carbonyl (C=O) groups excluding carboxylic acids is 3. The van der Waals surface area contributed by atoms with Crippen molar-refractivity contribution in [3.8, 4) is 6.07 Å². The first-order chi connectivity index (χ1) is 13.4. The van der Waals surface area contributed by atoms with E-state index in [4.69, 9.17) is 5.26 Å². The van der Waals surface area contributed by atoms with E-state index in [2.05, 4.69) is 15.5 Å². The molecule has 150 valence electrons. The molecule has 0 saturated heterocycles. The second-order valence-electron chi connectivity index (χ2n) is 6.94. The average molecular weight is 386 g/mol. The number of benzene rings is 1. The fourth-order valence-corrected chi connectivity index (χ4v) is 3.33. The highest BCUT2D eigenvalue weighted by Crippen LogP contribution is 2.28. The molecule has 1 saturated carbocycles. The summed E-state index contributed by atoms with van der Waals surface area (Å²) < 4.78 is 4.68. The van der Waals surface area contributed by atoms with Crippen molar-refractivity contribution < 1.29 is 19.1 Å². The van der Waals surface area contributed by atoms with E-state index in [0.29, 0.717) is 23.6 Å². The predicted octanol–water partition coefficient (Wildman–Crippen LogP) is 2.64. The Morgan fingerprint density at radius 3 is 2.36 bits per heavy atom. The van der Waals surface area contributed by atoms with Gasteiger partial charge in [-0.25, -0.2) is 9.80 Å². The van der Waals surface area contributed by atoms with Crippen molar-refractivity contribution in [2.24, 2.45) is 5.92 Å². The summed E-state index contributed by atoms with van der Waals surface area (Å²) in [6, 6.07) is 8.00. The molecule has 0 aromatic heterocycles. The number of esters is 1. The molecule has 28 heavy (non-hydrogen) atoms. The van der Waals surface area contributed by atoms with Gasteiger partial charge in [0.25, 0.3) is 0 Å². The van der Waals surface area contributed by atoms with Crippen molar-refractivity contribution >= 4 is 23.6 Å². The van der Waals surface area contributed by atoms with Gasteiger partial charge in [-0.15, -0.1) is 0 Å². The monoisotopic (exact) mass is 386 g/mol. The van der Waals surface area contributed by atoms with E-state index in [1.807, 2.05) is 6.07 Å². The number of urea groups is 1. The minimum absolute atomic E-state index is 0.0107. The van der Waals surface area contributed by atoms with Crippen LogP contribution in [0.15, 0.2) is 24.3 Å². The molecule has 8 nitrogen and oxygen atoms in total. The van der Waals surface area contributed by atoms with Crippen molar-refractivity contribution in [3.63, 3.8) is 0 Å². The third kappa shape index (κ3) is 6.27. The van der Waals surface area contributed by atoms with E-state index in [-0.39, 0.29) is 17.9 Å². The molecule has 3 amide bonds. The first-order valence-electron chi connectivity index (χ1n) is 9.37. The van der Waals surface area contributed by atoms with E-state index < -0.39 is 6.03 Å². The Morgan fingerprint density at radius 2 is 1.82 bits per heavy atom. The molecule has 8 heteroatoms. The molecule has 1 aliphatic rings. The van der Waals surface area contributed by atoms with Crippen LogP contribution in [0.4, 0.5) is 10.5 Å². The van der Waals surface area contributed by atoms with Crippen LogP contribution in [-0.2, 0) is 14.3 Å². The predicted molar refractivity (Wildman–Crippen MR) is 103 cm³/mol. The minimum atomic E-state index is -0.419. The van der Waals surface area contributed by atoms with E-state index in [9.17, 15) is 14.4 Å². The first-order valence-corrected chi connectivity index (χ1v) is 9.37. The molecule has 0 bridgehead atoms. The second kappa shape index (κ2) is 10.3. The van der Waals surface area contributed by atoms with E-state index in [1.54, 1.807) is 24.3 Å². The Balaban J connectivity index is 1.92. The molecule has 0 spiro atoms. The molecule has 0 radical (unpaired) electrons. The van der Waals surface area contributed by atoms with Gasteiger partial charge in [-0.1, -0.05) is 0 Å². The molecule has 1 aliphatic carbocycles. The Kier molecular flexibility index (Phi) is 7.81. The lowest BCUT2D eigenvalue weighted by Gasteiger charge is -2.31. The Bertz CT molecular complexity index is 734. The van der Waals surface area contributed by atoms with Crippen LogP contribution in [0.1, 0.15) is 51.0 Å². The quantitative estimate of drug-likeness (QED) is 0.597. The maximum absolute atomic E-state index is 12.7. The number of nitrogens with one attached hydrogen (secondary N) is 2. The second-order valence-corrected chi connectivity index (χ2v) is 6.94. The van der Waals surface area contributed by atoms with Gasteiger partial charge >= 0.3 is 12.0 Å². The van der Waals surface area contributed by atoms with Crippen molar-refractivity contribution in [2.75, 3.05) is 12.1 Å². The number of methoxy groups -OCH3 is 1. The standard InChI is InChI=1S/C20H26N4O4/c1-14(25)23-24(18-10-5-16(13-21)6-11-18)20(27)22-17-8-3-15(4-9-17)7-12-19(26)28-2/h5-6,10-11,15,17H,3-4,7-9,12H2,1-2H3,(H,22,27)(H,23,25)/t15-,17+. The summed E-state index contributed by atoms with van der Waals surface area (Å²) in [6.45, 7) is 1.33. The Labute approximate surface area is 164 Å². The number of hydrazine groups is 1. The largest absolute Gasteiger partial charge is 0.469 e. The molecule has 2 rings (SSSR count). The highest BCUT2D eigenvalue weighted by Gasteiger charge is 2.25. The summed E-state index contributed by atoms with van der Waals surface area (Å²) in [5.74, 6) is -0.105. The maximum atomic E-state index is 12.7. The van der Waals surface area contributed by atoms with Gasteiger partial charge in [0.1, 0.15) is 0 Å². The van der Waals surface area contributed by atoms with Crippen LogP contribution in [0.2, 0.25) is 0 Å². The Hall–Kier alpha value is -3.08. The molecular weight excluding hydrogens is 360 g/mol. The summed E-state index contributed by atoms with van der Waals surface area (Å²) in [5.41, 5.74) is 3.46. The summed E-state index contributed by atoms with van der Waals surface area (Å²) in [4.78, 5) is 35.5. The van der Waals surface area contributed by atoms with Crippen molar-refractivity contribution in [3.05, 3.63) is 29.8 Å². The first kappa shape index (κ1) is 21.2. The average Bonchev–Trinajstić information content (AvgIpc) is 2.71. The number of anilines is 1. The van der Waals surface area contributed by atoms with Crippen LogP contribution in [0.3, 0.4) is 0 Å². The molecular formula is C20H26N4O4. The fraction of sp³-hybridized carbons (Fsp3) is 0.500. The smallest absolute Gasteiger partial charge is 0.341 e. The van der Waals surface area contributed by atoms with Gasteiger partial charge in [-0.2, -0.15) is 5.26 Å². The lowest BCUT2D eigenvalue weighted by molar-refractivity contribution is -0.141. The number of carbonyl (C=O) groups is 3. The molecule has 1 aromatic carbocycles. The number of ether oxygens (including phenoxy) is 1. The number of nitriles is 1. The van der Waals surface area contributed by atoms with Crippen LogP contribution >= 0.6 is 0 Å². The van der Waals surface area contributed by atoms with Crippen molar-refractivity contribution in [1.29, 1.82) is 5.26 Å². The van der Waals surface area contributed by atoms with E-state index in [1.165, 1.54) is 14.0 Å². The molecule has 1 fully saturated rings. The lowest BCUT2D eigenvalue weighted by atomic mass is 9.83. The summed E-state index contributed by atoms with van der Waals surface area (Å²) >= 11 is 0. The number of hydrogen-bond donors (Lipinski definition) is 2. The normalized spacial score (nSPS) is 18.5. The summed E-state index contributed by atoms with van der Waals surface area (Å²) in [5, 5.41) is 13.0. The molecule has 2 N–H and O–H groups in total. The van der Waals surface area contributed by atoms with Gasteiger partial charge in [0.05, 0.1) is 24.4 Å². The maximum Gasteiger partial charge on any atom is 0.341 e. The molecule has 0 heterocycles. The fourth-order valence-electron chi connectivity index (χ4n) is 3.33. The summed E-state index contributed by atoms with van der Waals surface area (Å²) in [7, 11) is 1.39. The topological polar surface area (TPSA) is 112 Å². The number of nitrogens with zero attached hydrogens (tertiary/aromatic N) is 2. The molecule has 0 unspecified atom stereocenters. The van der Waals surface area contributed by atoms with Crippen LogP contribution < -0.4 is 15.8 Å². The Morgan fingerprint density at radius 1 is 1.18 bits per heavy atom. The lowest BCUT2D eigenvalue weighted by Crippen LogP contribution is -2.53. The molecule has 0 atom stereocenters. The van der Waals surface area contributed by atoms with Crippen LogP contribution in [0.25, 0.3) is 0 Å². The number of hydrogen-bond acceptors (Lipinski definition) is 5. The zero-order chi connectivity index (χ0) is 20.5. The van der Waals surface area contributed by atoms with Crippen molar-refractivity contribution in [2.45, 2.75) is 51.5 Å². The zero-order valence-corrected chi connectivity index (χ0v) is 16.2. The van der Waals surface area contributed by atoms with Gasteiger partial charge < -0.3 is 10.1 Å². The van der Waals surface area contributed by atoms with Crippen LogP contribution in [-0.4, -0.2) is 31.1 Å². The van der Waals surface area contributed by atoms with E-state index >= 15 is 0 Å². The SMILES string of the molecule is COC(=O)CC[C@H]1CC[C@@H](NC(=O)N(NC(C)=O)c2ccc(C#N)cc2)CC1. The van der Waals surface area contributed by atoms with Gasteiger partial charge in [-0.3, -0.25) is 15.0 Å². The van der Waals surface area contributed by atoms with Crippen LogP contribution in [0.5, 0.6) is 0 Å². The third-order valence-electron chi connectivity index (χ3n) is 4.89. The third-order valence-corrected chi connectivity index (χ3v) is 4.89. The highest BCUT2D eigenvalue weighted by atomic mass is 16.5. The van der Waals surface area contributed by atoms with Gasteiger partial charge in [0.2, 0.25) is 5.91 Å². The molecule has 0 aliphatic heterocycles. The molecule has 1 aromatic rings. The van der Waals surface area contributed by atoms with E-state index in [0.717, 1.165) is 37.1 Å². The summed E-state index contributed by atoms with van der Waals surface area (Å²) in [6.07, 6.45) is 4.72. The zero-order valence-electron chi connectivity index (χ0n) is 16.2. The van der Waals surface area contributed by atoms with Crippen LogP contribution in [0, 0.1) is 17.2 Å². The number of amides is 3. The minimum Gasteiger partial charge on any atom is -0.469 e. The van der Waals surface area contributed by atoms with Gasteiger partial charge in [0, 0.05) is 19.4 Å². The van der Waals surface area contributed by atoms with Gasteiger partial charge in [-0.05, 0) is 62.3 Å². The number of rotatable bonds is 5. The van der Waals surface area contributed by atoms with Crippen molar-refractivity contribution in [1.82, 2.24) is 10.7 Å². The van der Waals surface area contributed by atoms with Gasteiger partial charge in [0.15, 0.2) is 0 Å².